The molecule has 0 saturated carbocycles. The SMILES string of the molecule is COC(=O)c1cc(O[SiH](C)C(C)(C)C)ccc1NC(=O)CC(C)=O. The standard InChI is InChI=1S/C17H25NO5Si/c1-11(19)9-15(20)18-14-8-7-12(10-13(14)16(21)22-5)23-24(6)17(2,3)4/h7-8,10,24H,9H2,1-6H3,(H,18,20). The van der Waals surface area contributed by atoms with E-state index >= 15 is 0 Å². The molecule has 0 aromatic heterocycles. The lowest BCUT2D eigenvalue weighted by Gasteiger charge is -2.26. The third-order valence-corrected chi connectivity index (χ3v) is 6.68. The van der Waals surface area contributed by atoms with Crippen LogP contribution >= 0.6 is 0 Å². The van der Waals surface area contributed by atoms with Gasteiger partial charge in [0.15, 0.2) is 0 Å². The number of hydrogen-bond acceptors (Lipinski definition) is 5. The Morgan fingerprint density at radius 2 is 1.83 bits per heavy atom. The fourth-order valence-corrected chi connectivity index (χ4v) is 2.69. The predicted molar refractivity (Wildman–Crippen MR) is 95.1 cm³/mol. The summed E-state index contributed by atoms with van der Waals surface area (Å²) in [6.45, 7) is 9.75. The summed E-state index contributed by atoms with van der Waals surface area (Å²) in [6, 6.07) is 4.85. The molecule has 1 aromatic carbocycles. The lowest BCUT2D eigenvalue weighted by Crippen LogP contribution is -2.29. The minimum atomic E-state index is -1.53. The van der Waals surface area contributed by atoms with Crippen molar-refractivity contribution >= 4 is 32.4 Å². The number of methoxy groups -OCH3 is 1. The maximum atomic E-state index is 12.0. The largest absolute Gasteiger partial charge is 0.546 e. The molecule has 0 saturated heterocycles. The molecule has 0 heterocycles. The molecule has 132 valence electrons. The van der Waals surface area contributed by atoms with Crippen molar-refractivity contribution in [2.24, 2.45) is 0 Å². The van der Waals surface area contributed by atoms with Gasteiger partial charge in [0.25, 0.3) is 0 Å². The summed E-state index contributed by atoms with van der Waals surface area (Å²) in [5.41, 5.74) is 0.493. The van der Waals surface area contributed by atoms with E-state index in [9.17, 15) is 14.4 Å². The normalized spacial score (nSPS) is 12.2. The van der Waals surface area contributed by atoms with E-state index in [1.165, 1.54) is 14.0 Å². The fraction of sp³-hybridized carbons (Fsp3) is 0.471. The van der Waals surface area contributed by atoms with Crippen LogP contribution in [-0.4, -0.2) is 33.8 Å². The number of anilines is 1. The minimum absolute atomic E-state index is 0.0692. The van der Waals surface area contributed by atoms with Gasteiger partial charge < -0.3 is 14.5 Å². The van der Waals surface area contributed by atoms with Gasteiger partial charge in [-0.2, -0.15) is 0 Å². The monoisotopic (exact) mass is 351 g/mol. The van der Waals surface area contributed by atoms with Gasteiger partial charge in [-0.1, -0.05) is 20.8 Å². The van der Waals surface area contributed by atoms with E-state index in [2.05, 4.69) is 32.6 Å². The summed E-state index contributed by atoms with van der Waals surface area (Å²) in [5.74, 6) is -0.742. The summed E-state index contributed by atoms with van der Waals surface area (Å²) in [5, 5.41) is 2.63. The Kier molecular flexibility index (Phi) is 6.71. The molecule has 1 atom stereocenters. The van der Waals surface area contributed by atoms with Crippen LogP contribution in [0, 0.1) is 0 Å². The zero-order valence-electron chi connectivity index (χ0n) is 15.1. The summed E-state index contributed by atoms with van der Waals surface area (Å²) < 4.78 is 10.8. The molecule has 0 spiro atoms. The number of Topliss-reactive ketones (excluding diaryl/α,β-unsaturated/α-hetero) is 1. The quantitative estimate of drug-likeness (QED) is 0.484. The van der Waals surface area contributed by atoms with Crippen molar-refractivity contribution < 1.29 is 23.5 Å². The van der Waals surface area contributed by atoms with E-state index in [1.807, 2.05) is 0 Å². The highest BCUT2D eigenvalue weighted by Gasteiger charge is 2.25. The molecule has 1 N–H and O–H groups in total. The van der Waals surface area contributed by atoms with Gasteiger partial charge in [0.05, 0.1) is 24.8 Å². The van der Waals surface area contributed by atoms with Gasteiger partial charge >= 0.3 is 5.97 Å². The first-order valence-electron chi connectivity index (χ1n) is 7.73. The Bertz CT molecular complexity index is 636. The van der Waals surface area contributed by atoms with E-state index in [1.54, 1.807) is 18.2 Å². The van der Waals surface area contributed by atoms with Crippen molar-refractivity contribution in [2.45, 2.75) is 45.7 Å². The molecule has 7 heteroatoms. The van der Waals surface area contributed by atoms with Crippen LogP contribution in [0.1, 0.15) is 44.5 Å². The molecule has 1 unspecified atom stereocenters. The maximum absolute atomic E-state index is 12.0. The molecular weight excluding hydrogens is 326 g/mol. The Labute approximate surface area is 144 Å². The summed E-state index contributed by atoms with van der Waals surface area (Å²) >= 11 is 0. The Morgan fingerprint density at radius 3 is 2.33 bits per heavy atom. The molecule has 0 aliphatic heterocycles. The number of ketones is 1. The van der Waals surface area contributed by atoms with Crippen molar-refractivity contribution in [3.05, 3.63) is 23.8 Å². The van der Waals surface area contributed by atoms with E-state index in [-0.39, 0.29) is 22.8 Å². The lowest BCUT2D eigenvalue weighted by atomic mass is 10.1. The van der Waals surface area contributed by atoms with Gasteiger partial charge in [0, 0.05) is 0 Å². The Balaban J connectivity index is 3.07. The second kappa shape index (κ2) is 8.10. The molecule has 0 fully saturated rings. The van der Waals surface area contributed by atoms with Crippen LogP contribution < -0.4 is 9.74 Å². The third-order valence-electron chi connectivity index (χ3n) is 3.61. The molecule has 24 heavy (non-hydrogen) atoms. The fourth-order valence-electron chi connectivity index (χ4n) is 1.79. The number of ether oxygens (including phenoxy) is 1. The van der Waals surface area contributed by atoms with E-state index < -0.39 is 20.9 Å². The number of carbonyl (C=O) groups is 3. The smallest absolute Gasteiger partial charge is 0.340 e. The van der Waals surface area contributed by atoms with Gasteiger partial charge in [-0.05, 0) is 36.7 Å². The third kappa shape index (κ3) is 5.81. The zero-order valence-corrected chi connectivity index (χ0v) is 16.2. The van der Waals surface area contributed by atoms with Gasteiger partial charge in [-0.15, -0.1) is 0 Å². The van der Waals surface area contributed by atoms with E-state index in [0.29, 0.717) is 11.4 Å². The molecule has 0 aliphatic rings. The molecule has 6 nitrogen and oxygen atoms in total. The van der Waals surface area contributed by atoms with E-state index in [0.717, 1.165) is 0 Å². The predicted octanol–water partition coefficient (Wildman–Crippen LogP) is 2.92. The first kappa shape index (κ1) is 19.9. The zero-order chi connectivity index (χ0) is 18.5. The number of rotatable bonds is 6. The second-order valence-electron chi connectivity index (χ2n) is 6.75. The van der Waals surface area contributed by atoms with Crippen LogP contribution in [0.15, 0.2) is 18.2 Å². The van der Waals surface area contributed by atoms with Crippen molar-refractivity contribution in [1.29, 1.82) is 0 Å². The lowest BCUT2D eigenvalue weighted by molar-refractivity contribution is -0.124. The molecular formula is C17H25NO5Si. The highest BCUT2D eigenvalue weighted by molar-refractivity contribution is 6.54. The van der Waals surface area contributed by atoms with Crippen LogP contribution in [0.3, 0.4) is 0 Å². The Morgan fingerprint density at radius 1 is 1.21 bits per heavy atom. The number of esters is 1. The average Bonchev–Trinajstić information content (AvgIpc) is 2.46. The maximum Gasteiger partial charge on any atom is 0.340 e. The first-order chi connectivity index (χ1) is 11.0. The van der Waals surface area contributed by atoms with Gasteiger partial charge in [-0.3, -0.25) is 9.59 Å². The number of benzene rings is 1. The highest BCUT2D eigenvalue weighted by Crippen LogP contribution is 2.30. The van der Waals surface area contributed by atoms with Gasteiger partial charge in [-0.25, -0.2) is 4.79 Å². The summed E-state index contributed by atoms with van der Waals surface area (Å²) in [6.07, 6.45) is -0.243. The molecule has 1 amide bonds. The van der Waals surface area contributed by atoms with E-state index in [4.69, 9.17) is 9.16 Å². The Hall–Kier alpha value is -2.15. The molecule has 1 rings (SSSR count). The topological polar surface area (TPSA) is 81.7 Å². The number of hydrogen-bond donors (Lipinski definition) is 1. The number of amides is 1. The van der Waals surface area contributed by atoms with Crippen molar-refractivity contribution in [3.8, 4) is 5.75 Å². The second-order valence-corrected chi connectivity index (χ2v) is 10.0. The number of nitrogens with one attached hydrogen (secondary N) is 1. The minimum Gasteiger partial charge on any atom is -0.546 e. The molecule has 1 aromatic rings. The van der Waals surface area contributed by atoms with Crippen molar-refractivity contribution in [1.82, 2.24) is 0 Å². The van der Waals surface area contributed by atoms with Crippen LogP contribution in [0.5, 0.6) is 5.75 Å². The van der Waals surface area contributed by atoms with Crippen LogP contribution in [-0.2, 0) is 14.3 Å². The van der Waals surface area contributed by atoms with Crippen molar-refractivity contribution in [2.75, 3.05) is 12.4 Å². The van der Waals surface area contributed by atoms with Crippen LogP contribution in [0.25, 0.3) is 0 Å². The summed E-state index contributed by atoms with van der Waals surface area (Å²) in [4.78, 5) is 34.8. The highest BCUT2D eigenvalue weighted by atomic mass is 28.3. The average molecular weight is 351 g/mol. The molecule has 0 aliphatic carbocycles. The number of carbonyl (C=O) groups excluding carboxylic acids is 3. The molecule has 0 bridgehead atoms. The first-order valence-corrected chi connectivity index (χ1v) is 9.93. The van der Waals surface area contributed by atoms with Gasteiger partial charge in [0.2, 0.25) is 14.9 Å². The molecule has 0 radical (unpaired) electrons. The summed E-state index contributed by atoms with van der Waals surface area (Å²) in [7, 11) is -0.259. The van der Waals surface area contributed by atoms with Crippen molar-refractivity contribution in [3.63, 3.8) is 0 Å². The van der Waals surface area contributed by atoms with Gasteiger partial charge in [0.1, 0.15) is 11.5 Å². The van der Waals surface area contributed by atoms with Crippen LogP contribution in [0.2, 0.25) is 11.6 Å². The van der Waals surface area contributed by atoms with Crippen LogP contribution in [0.4, 0.5) is 5.69 Å².